The van der Waals surface area contributed by atoms with E-state index in [1.807, 2.05) is 0 Å². The van der Waals surface area contributed by atoms with Crippen LogP contribution < -0.4 is 5.32 Å². The van der Waals surface area contributed by atoms with Gasteiger partial charge in [0.1, 0.15) is 0 Å². The minimum atomic E-state index is 0.623. The van der Waals surface area contributed by atoms with Crippen molar-refractivity contribution < 1.29 is 9.47 Å². The highest BCUT2D eigenvalue weighted by Crippen LogP contribution is 2.21. The third kappa shape index (κ3) is 5.50. The van der Waals surface area contributed by atoms with E-state index >= 15 is 0 Å². The predicted octanol–water partition coefficient (Wildman–Crippen LogP) is 1.82. The molecule has 90 valence electrons. The zero-order valence-electron chi connectivity index (χ0n) is 10.1. The molecule has 15 heavy (non-hydrogen) atoms. The molecule has 0 aromatic rings. The van der Waals surface area contributed by atoms with E-state index in [1.165, 1.54) is 19.3 Å². The third-order valence-corrected chi connectivity index (χ3v) is 3.12. The Balaban J connectivity index is 2.21. The van der Waals surface area contributed by atoms with Crippen molar-refractivity contribution in [1.29, 1.82) is 0 Å². The van der Waals surface area contributed by atoms with Gasteiger partial charge in [-0.2, -0.15) is 0 Å². The highest BCUT2D eigenvalue weighted by atomic mass is 16.5. The quantitative estimate of drug-likeness (QED) is 0.702. The predicted molar refractivity (Wildman–Crippen MR) is 62.1 cm³/mol. The first-order chi connectivity index (χ1) is 7.36. The van der Waals surface area contributed by atoms with E-state index in [9.17, 15) is 0 Å². The molecule has 1 fully saturated rings. The molecule has 1 heterocycles. The lowest BCUT2D eigenvalue weighted by Gasteiger charge is -2.27. The summed E-state index contributed by atoms with van der Waals surface area (Å²) in [6.45, 7) is 5.99. The van der Waals surface area contributed by atoms with Gasteiger partial charge < -0.3 is 14.8 Å². The van der Waals surface area contributed by atoms with Crippen LogP contribution in [-0.4, -0.2) is 39.5 Å². The van der Waals surface area contributed by atoms with E-state index in [0.29, 0.717) is 6.04 Å². The Kier molecular flexibility index (Phi) is 6.98. The fourth-order valence-corrected chi connectivity index (χ4v) is 2.24. The second-order valence-corrected chi connectivity index (χ2v) is 4.33. The third-order valence-electron chi connectivity index (χ3n) is 3.12. The molecule has 0 saturated carbocycles. The Hall–Kier alpha value is -0.120. The smallest absolute Gasteiger partial charge is 0.0477 e. The summed E-state index contributed by atoms with van der Waals surface area (Å²) in [5, 5.41) is 3.54. The molecule has 0 aliphatic carbocycles. The topological polar surface area (TPSA) is 30.5 Å². The zero-order chi connectivity index (χ0) is 10.9. The Bertz CT molecular complexity index is 147. The summed E-state index contributed by atoms with van der Waals surface area (Å²) in [4.78, 5) is 0. The van der Waals surface area contributed by atoms with Crippen LogP contribution in [0, 0.1) is 5.92 Å². The summed E-state index contributed by atoms with van der Waals surface area (Å²) < 4.78 is 10.5. The molecule has 1 rings (SSSR count). The van der Waals surface area contributed by atoms with Crippen LogP contribution in [0.3, 0.4) is 0 Å². The van der Waals surface area contributed by atoms with E-state index < -0.39 is 0 Å². The second kappa shape index (κ2) is 8.08. The first kappa shape index (κ1) is 12.9. The maximum absolute atomic E-state index is 5.38. The molecule has 0 radical (unpaired) electrons. The average molecular weight is 215 g/mol. The van der Waals surface area contributed by atoms with E-state index in [0.717, 1.165) is 38.7 Å². The van der Waals surface area contributed by atoms with Gasteiger partial charge in [0.15, 0.2) is 0 Å². The zero-order valence-corrected chi connectivity index (χ0v) is 10.1. The summed E-state index contributed by atoms with van der Waals surface area (Å²) in [6, 6.07) is 0.623. The Morgan fingerprint density at radius 3 is 2.73 bits per heavy atom. The maximum atomic E-state index is 5.38. The van der Waals surface area contributed by atoms with Gasteiger partial charge in [0.25, 0.3) is 0 Å². The molecule has 3 nitrogen and oxygen atoms in total. The summed E-state index contributed by atoms with van der Waals surface area (Å²) in [5.41, 5.74) is 0. The highest BCUT2D eigenvalue weighted by molar-refractivity contribution is 4.73. The van der Waals surface area contributed by atoms with E-state index in [4.69, 9.17) is 9.47 Å². The van der Waals surface area contributed by atoms with Gasteiger partial charge in [0, 0.05) is 33.0 Å². The standard InChI is InChI=1S/C12H25NO2/c1-3-13-12(6-7-14-2)10-11-4-8-15-9-5-11/h11-13H,3-10H2,1-2H3. The Morgan fingerprint density at radius 1 is 1.40 bits per heavy atom. The number of nitrogens with one attached hydrogen (secondary N) is 1. The van der Waals surface area contributed by atoms with Gasteiger partial charge in [-0.15, -0.1) is 0 Å². The number of hydrogen-bond acceptors (Lipinski definition) is 3. The lowest BCUT2D eigenvalue weighted by molar-refractivity contribution is 0.0589. The van der Waals surface area contributed by atoms with Gasteiger partial charge in [0.05, 0.1) is 0 Å². The Morgan fingerprint density at radius 2 is 2.13 bits per heavy atom. The van der Waals surface area contributed by atoms with Crippen molar-refractivity contribution in [3.63, 3.8) is 0 Å². The number of hydrogen-bond donors (Lipinski definition) is 1. The van der Waals surface area contributed by atoms with Crippen LogP contribution >= 0.6 is 0 Å². The van der Waals surface area contributed by atoms with E-state index in [2.05, 4.69) is 12.2 Å². The SMILES string of the molecule is CCNC(CCOC)CC1CCOCC1. The second-order valence-electron chi connectivity index (χ2n) is 4.33. The van der Waals surface area contributed by atoms with Gasteiger partial charge in [0.2, 0.25) is 0 Å². The van der Waals surface area contributed by atoms with Crippen LogP contribution in [0.15, 0.2) is 0 Å². The van der Waals surface area contributed by atoms with Crippen molar-refractivity contribution in [3.05, 3.63) is 0 Å². The summed E-state index contributed by atoms with van der Waals surface area (Å²) >= 11 is 0. The van der Waals surface area contributed by atoms with Gasteiger partial charge in [-0.05, 0) is 38.1 Å². The largest absolute Gasteiger partial charge is 0.385 e. The summed E-state index contributed by atoms with van der Waals surface area (Å²) in [7, 11) is 1.78. The molecular formula is C12H25NO2. The number of methoxy groups -OCH3 is 1. The van der Waals surface area contributed by atoms with Crippen molar-refractivity contribution in [2.75, 3.05) is 33.5 Å². The molecule has 0 spiro atoms. The maximum Gasteiger partial charge on any atom is 0.0477 e. The minimum absolute atomic E-state index is 0.623. The van der Waals surface area contributed by atoms with Gasteiger partial charge in [-0.3, -0.25) is 0 Å². The van der Waals surface area contributed by atoms with Gasteiger partial charge in [-0.1, -0.05) is 6.92 Å². The van der Waals surface area contributed by atoms with Crippen LogP contribution in [0.2, 0.25) is 0 Å². The van der Waals surface area contributed by atoms with E-state index in [1.54, 1.807) is 7.11 Å². The molecule has 0 aromatic carbocycles. The summed E-state index contributed by atoms with van der Waals surface area (Å²) in [6.07, 6.45) is 4.87. The number of rotatable bonds is 7. The van der Waals surface area contributed by atoms with Gasteiger partial charge in [-0.25, -0.2) is 0 Å². The van der Waals surface area contributed by atoms with Crippen molar-refractivity contribution in [2.24, 2.45) is 5.92 Å². The normalized spacial score (nSPS) is 20.4. The molecule has 0 aromatic heterocycles. The molecule has 0 amide bonds. The van der Waals surface area contributed by atoms with Crippen molar-refractivity contribution in [3.8, 4) is 0 Å². The Labute approximate surface area is 93.5 Å². The van der Waals surface area contributed by atoms with Crippen LogP contribution in [0.5, 0.6) is 0 Å². The molecule has 1 aliphatic heterocycles. The molecule has 1 unspecified atom stereocenters. The van der Waals surface area contributed by atoms with Crippen LogP contribution in [0.4, 0.5) is 0 Å². The summed E-state index contributed by atoms with van der Waals surface area (Å²) in [5.74, 6) is 0.847. The monoisotopic (exact) mass is 215 g/mol. The molecule has 1 saturated heterocycles. The highest BCUT2D eigenvalue weighted by Gasteiger charge is 2.18. The molecular weight excluding hydrogens is 190 g/mol. The fourth-order valence-electron chi connectivity index (χ4n) is 2.24. The lowest BCUT2D eigenvalue weighted by Crippen LogP contribution is -2.33. The molecule has 1 atom stereocenters. The lowest BCUT2D eigenvalue weighted by atomic mass is 9.91. The van der Waals surface area contributed by atoms with E-state index in [-0.39, 0.29) is 0 Å². The molecule has 0 bridgehead atoms. The van der Waals surface area contributed by atoms with Crippen LogP contribution in [0.1, 0.15) is 32.6 Å². The molecule has 1 N–H and O–H groups in total. The number of ether oxygens (including phenoxy) is 2. The minimum Gasteiger partial charge on any atom is -0.385 e. The van der Waals surface area contributed by atoms with Crippen molar-refractivity contribution in [2.45, 2.75) is 38.6 Å². The first-order valence-corrected chi connectivity index (χ1v) is 6.16. The fraction of sp³-hybridized carbons (Fsp3) is 1.00. The molecule has 1 aliphatic rings. The first-order valence-electron chi connectivity index (χ1n) is 6.16. The molecule has 3 heteroatoms. The van der Waals surface area contributed by atoms with Crippen LogP contribution in [-0.2, 0) is 9.47 Å². The van der Waals surface area contributed by atoms with Gasteiger partial charge >= 0.3 is 0 Å². The van der Waals surface area contributed by atoms with Crippen molar-refractivity contribution in [1.82, 2.24) is 5.32 Å². The average Bonchev–Trinajstić information content (AvgIpc) is 2.28. The van der Waals surface area contributed by atoms with Crippen molar-refractivity contribution >= 4 is 0 Å². The van der Waals surface area contributed by atoms with Crippen LogP contribution in [0.25, 0.3) is 0 Å².